The highest BCUT2D eigenvalue weighted by Gasteiger charge is 2.26. The average Bonchev–Trinajstić information content (AvgIpc) is 2.78. The molecule has 4 rings (SSSR count). The number of anilines is 2. The highest BCUT2D eigenvalue weighted by atomic mass is 16.6. The van der Waals surface area contributed by atoms with E-state index in [1.807, 2.05) is 6.07 Å². The standard InChI is InChI=1S/C24H27N5O3/c1-16-6-5-7-19-17(2)14-22(25-23(16)19)27-10-12-28(13-11-27)24(30)18-8-9-20(26(3)4)21(15-18)29(31)32/h5-9,14-15H,10-13H2,1-4H3. The van der Waals surface area contributed by atoms with Gasteiger partial charge in [-0.05, 0) is 43.2 Å². The normalized spacial score (nSPS) is 14.0. The monoisotopic (exact) mass is 433 g/mol. The Labute approximate surface area is 187 Å². The zero-order valence-electron chi connectivity index (χ0n) is 18.8. The molecule has 8 nitrogen and oxygen atoms in total. The molecule has 1 fully saturated rings. The molecule has 1 saturated heterocycles. The Kier molecular flexibility index (Phi) is 5.69. The van der Waals surface area contributed by atoms with Crippen molar-refractivity contribution >= 4 is 34.0 Å². The van der Waals surface area contributed by atoms with Crippen LogP contribution in [0.25, 0.3) is 10.9 Å². The van der Waals surface area contributed by atoms with E-state index in [4.69, 9.17) is 4.98 Å². The lowest BCUT2D eigenvalue weighted by atomic mass is 10.1. The van der Waals surface area contributed by atoms with Gasteiger partial charge in [0, 0.05) is 57.3 Å². The third-order valence-electron chi connectivity index (χ3n) is 6.03. The second-order valence-corrected chi connectivity index (χ2v) is 8.40. The highest BCUT2D eigenvalue weighted by molar-refractivity contribution is 5.96. The summed E-state index contributed by atoms with van der Waals surface area (Å²) < 4.78 is 0. The molecule has 3 aromatic rings. The van der Waals surface area contributed by atoms with Crippen LogP contribution < -0.4 is 9.80 Å². The van der Waals surface area contributed by atoms with Gasteiger partial charge in [0.2, 0.25) is 0 Å². The van der Waals surface area contributed by atoms with Gasteiger partial charge in [-0.15, -0.1) is 0 Å². The van der Waals surface area contributed by atoms with Crippen molar-refractivity contribution in [2.45, 2.75) is 13.8 Å². The molecule has 8 heteroatoms. The van der Waals surface area contributed by atoms with Crippen molar-refractivity contribution in [2.24, 2.45) is 0 Å². The number of nitro benzene ring substituents is 1. The van der Waals surface area contributed by atoms with Gasteiger partial charge in [0.05, 0.1) is 10.4 Å². The molecule has 1 aliphatic rings. The zero-order chi connectivity index (χ0) is 23.0. The maximum Gasteiger partial charge on any atom is 0.293 e. The van der Waals surface area contributed by atoms with Crippen LogP contribution in [-0.4, -0.2) is 61.0 Å². The van der Waals surface area contributed by atoms with Crippen LogP contribution in [0.2, 0.25) is 0 Å². The minimum absolute atomic E-state index is 0.0642. The number of hydrogen-bond donors (Lipinski definition) is 0. The van der Waals surface area contributed by atoms with Gasteiger partial charge in [-0.3, -0.25) is 14.9 Å². The Morgan fingerprint density at radius 2 is 1.75 bits per heavy atom. The summed E-state index contributed by atoms with van der Waals surface area (Å²) in [6.07, 6.45) is 0. The molecule has 0 N–H and O–H groups in total. The molecule has 0 saturated carbocycles. The number of fused-ring (bicyclic) bond motifs is 1. The SMILES string of the molecule is Cc1cc(N2CCN(C(=O)c3ccc(N(C)C)c([N+](=O)[O-])c3)CC2)nc2c(C)cccc12. The lowest BCUT2D eigenvalue weighted by Gasteiger charge is -2.35. The van der Waals surface area contributed by atoms with E-state index in [1.54, 1.807) is 36.0 Å². The average molecular weight is 434 g/mol. The van der Waals surface area contributed by atoms with Crippen LogP contribution in [0.3, 0.4) is 0 Å². The summed E-state index contributed by atoms with van der Waals surface area (Å²) in [6, 6.07) is 13.0. The lowest BCUT2D eigenvalue weighted by Crippen LogP contribution is -2.49. The molecular formula is C24H27N5O3. The van der Waals surface area contributed by atoms with Crippen LogP contribution in [0.1, 0.15) is 21.5 Å². The third-order valence-corrected chi connectivity index (χ3v) is 6.03. The quantitative estimate of drug-likeness (QED) is 0.460. The van der Waals surface area contributed by atoms with Gasteiger partial charge >= 0.3 is 0 Å². The molecule has 2 aromatic carbocycles. The molecule has 0 bridgehead atoms. The van der Waals surface area contributed by atoms with Crippen LogP contribution in [0, 0.1) is 24.0 Å². The first-order chi connectivity index (χ1) is 15.3. The fourth-order valence-corrected chi connectivity index (χ4v) is 4.21. The first kappa shape index (κ1) is 21.5. The number of amides is 1. The number of piperazine rings is 1. The second kappa shape index (κ2) is 8.45. The molecule has 1 amide bonds. The Hall–Kier alpha value is -3.68. The number of aryl methyl sites for hydroxylation is 2. The number of hydrogen-bond acceptors (Lipinski definition) is 6. The van der Waals surface area contributed by atoms with Crippen LogP contribution in [0.5, 0.6) is 0 Å². The number of para-hydroxylation sites is 1. The summed E-state index contributed by atoms with van der Waals surface area (Å²) in [5.41, 5.74) is 4.08. The number of benzene rings is 2. The molecule has 2 heterocycles. The number of aromatic nitrogens is 1. The largest absolute Gasteiger partial charge is 0.372 e. The predicted molar refractivity (Wildman–Crippen MR) is 127 cm³/mol. The fraction of sp³-hybridized carbons (Fsp3) is 0.333. The number of nitrogens with zero attached hydrogens (tertiary/aromatic N) is 5. The van der Waals surface area contributed by atoms with Gasteiger partial charge in [-0.2, -0.15) is 0 Å². The molecule has 0 atom stereocenters. The maximum absolute atomic E-state index is 13.0. The van der Waals surface area contributed by atoms with Gasteiger partial charge in [-0.1, -0.05) is 18.2 Å². The number of carbonyl (C=O) groups excluding carboxylic acids is 1. The minimum atomic E-state index is -0.445. The van der Waals surface area contributed by atoms with E-state index < -0.39 is 4.92 Å². The summed E-state index contributed by atoms with van der Waals surface area (Å²) in [5, 5.41) is 12.6. The summed E-state index contributed by atoms with van der Waals surface area (Å²) in [6.45, 7) is 6.55. The second-order valence-electron chi connectivity index (χ2n) is 8.40. The van der Waals surface area contributed by atoms with E-state index in [0.29, 0.717) is 37.4 Å². The molecule has 1 aliphatic heterocycles. The summed E-state index contributed by atoms with van der Waals surface area (Å²) >= 11 is 0. The van der Waals surface area contributed by atoms with Gasteiger partial charge in [0.1, 0.15) is 11.5 Å². The molecular weight excluding hydrogens is 406 g/mol. The molecule has 166 valence electrons. The fourth-order valence-electron chi connectivity index (χ4n) is 4.21. The minimum Gasteiger partial charge on any atom is -0.372 e. The molecule has 0 radical (unpaired) electrons. The van der Waals surface area contributed by atoms with E-state index in [1.165, 1.54) is 11.6 Å². The topological polar surface area (TPSA) is 82.8 Å². The predicted octanol–water partition coefficient (Wildman–Crippen LogP) is 3.79. The van der Waals surface area contributed by atoms with E-state index in [0.717, 1.165) is 22.3 Å². The van der Waals surface area contributed by atoms with Crippen LogP contribution in [0.4, 0.5) is 17.2 Å². The van der Waals surface area contributed by atoms with Gasteiger partial charge in [0.15, 0.2) is 0 Å². The van der Waals surface area contributed by atoms with Crippen molar-refractivity contribution < 1.29 is 9.72 Å². The first-order valence-electron chi connectivity index (χ1n) is 10.6. The van der Waals surface area contributed by atoms with E-state index in [9.17, 15) is 14.9 Å². The highest BCUT2D eigenvalue weighted by Crippen LogP contribution is 2.29. The number of nitro groups is 1. The summed E-state index contributed by atoms with van der Waals surface area (Å²) in [5.74, 6) is 0.735. The van der Waals surface area contributed by atoms with Crippen molar-refractivity contribution in [3.8, 4) is 0 Å². The van der Waals surface area contributed by atoms with Gasteiger partial charge < -0.3 is 14.7 Å². The van der Waals surface area contributed by atoms with Crippen molar-refractivity contribution in [1.82, 2.24) is 9.88 Å². The number of pyridine rings is 1. The molecule has 0 spiro atoms. The van der Waals surface area contributed by atoms with Crippen LogP contribution in [-0.2, 0) is 0 Å². The third kappa shape index (κ3) is 3.95. The van der Waals surface area contributed by atoms with Gasteiger partial charge in [-0.25, -0.2) is 4.98 Å². The molecule has 0 unspecified atom stereocenters. The zero-order valence-corrected chi connectivity index (χ0v) is 18.8. The summed E-state index contributed by atoms with van der Waals surface area (Å²) in [4.78, 5) is 34.6. The Morgan fingerprint density at radius 1 is 1.03 bits per heavy atom. The Bertz CT molecular complexity index is 1200. The van der Waals surface area contributed by atoms with Crippen molar-refractivity contribution in [2.75, 3.05) is 50.1 Å². The Morgan fingerprint density at radius 3 is 2.41 bits per heavy atom. The van der Waals surface area contributed by atoms with Crippen molar-refractivity contribution in [1.29, 1.82) is 0 Å². The number of rotatable bonds is 4. The smallest absolute Gasteiger partial charge is 0.293 e. The maximum atomic E-state index is 13.0. The van der Waals surface area contributed by atoms with Crippen molar-refractivity contribution in [3.63, 3.8) is 0 Å². The van der Waals surface area contributed by atoms with E-state index in [2.05, 4.69) is 36.9 Å². The Balaban J connectivity index is 1.51. The van der Waals surface area contributed by atoms with E-state index >= 15 is 0 Å². The molecule has 1 aromatic heterocycles. The molecule has 32 heavy (non-hydrogen) atoms. The lowest BCUT2D eigenvalue weighted by molar-refractivity contribution is -0.384. The van der Waals surface area contributed by atoms with Gasteiger partial charge in [0.25, 0.3) is 11.6 Å². The first-order valence-corrected chi connectivity index (χ1v) is 10.6. The molecule has 0 aliphatic carbocycles. The van der Waals surface area contributed by atoms with Crippen molar-refractivity contribution in [3.05, 3.63) is 69.3 Å². The summed E-state index contributed by atoms with van der Waals surface area (Å²) in [7, 11) is 3.49. The van der Waals surface area contributed by atoms with Crippen LogP contribution in [0.15, 0.2) is 42.5 Å². The number of carbonyl (C=O) groups is 1. The van der Waals surface area contributed by atoms with Crippen LogP contribution >= 0.6 is 0 Å². The van der Waals surface area contributed by atoms with E-state index in [-0.39, 0.29) is 11.6 Å².